The Balaban J connectivity index is 1.91. The third kappa shape index (κ3) is 4.69. The first kappa shape index (κ1) is 16.2. The fourth-order valence-corrected chi connectivity index (χ4v) is 2.57. The Bertz CT molecular complexity index is 597. The summed E-state index contributed by atoms with van der Waals surface area (Å²) >= 11 is 0. The molecule has 0 heterocycles. The Morgan fingerprint density at radius 1 is 1.14 bits per heavy atom. The van der Waals surface area contributed by atoms with Crippen LogP contribution in [0.5, 0.6) is 0 Å². The Labute approximate surface area is 131 Å². The van der Waals surface area contributed by atoms with Gasteiger partial charge in [-0.1, -0.05) is 55.8 Å². The van der Waals surface area contributed by atoms with E-state index in [0.29, 0.717) is 13.0 Å². The number of nitrogens with one attached hydrogen (secondary N) is 1. The van der Waals surface area contributed by atoms with Crippen LogP contribution in [0.2, 0.25) is 0 Å². The van der Waals surface area contributed by atoms with E-state index < -0.39 is 0 Å². The molecule has 0 saturated carbocycles. The van der Waals surface area contributed by atoms with Crippen molar-refractivity contribution in [3.05, 3.63) is 71.5 Å². The highest BCUT2D eigenvalue weighted by molar-refractivity contribution is 5.83. The number of amides is 1. The van der Waals surface area contributed by atoms with Gasteiger partial charge in [0.25, 0.3) is 0 Å². The molecule has 1 amide bonds. The van der Waals surface area contributed by atoms with Crippen molar-refractivity contribution in [3.8, 4) is 0 Å². The summed E-state index contributed by atoms with van der Waals surface area (Å²) in [7, 11) is 0. The van der Waals surface area contributed by atoms with E-state index in [0.717, 1.165) is 24.0 Å². The summed E-state index contributed by atoms with van der Waals surface area (Å²) in [6, 6.07) is 16.3. The minimum absolute atomic E-state index is 0.0458. The molecule has 1 unspecified atom stereocenters. The fraction of sp³-hybridized carbons (Fsp3) is 0.316. The predicted octanol–water partition coefficient (Wildman–Crippen LogP) is 4.07. The second-order valence-corrected chi connectivity index (χ2v) is 5.42. The summed E-state index contributed by atoms with van der Waals surface area (Å²) in [5.41, 5.74) is 1.94. The Hall–Kier alpha value is -2.16. The van der Waals surface area contributed by atoms with Crippen molar-refractivity contribution < 1.29 is 9.18 Å². The van der Waals surface area contributed by atoms with Crippen molar-refractivity contribution in [2.24, 2.45) is 0 Å². The highest BCUT2D eigenvalue weighted by Gasteiger charge is 2.18. The summed E-state index contributed by atoms with van der Waals surface area (Å²) in [6.07, 6.45) is 2.42. The standard InChI is InChI=1S/C19H22FNO/c1-2-7-18(16-9-4-3-5-10-16)19(22)21-13-12-15-8-6-11-17(20)14-15/h3-6,8-11,14,18H,2,7,12-13H2,1H3,(H,21,22). The lowest BCUT2D eigenvalue weighted by Gasteiger charge is -2.16. The van der Waals surface area contributed by atoms with Gasteiger partial charge in [-0.05, 0) is 36.1 Å². The van der Waals surface area contributed by atoms with E-state index in [1.54, 1.807) is 6.07 Å². The Morgan fingerprint density at radius 2 is 1.91 bits per heavy atom. The maximum atomic E-state index is 13.1. The Kier molecular flexibility index (Phi) is 6.13. The first-order valence-corrected chi connectivity index (χ1v) is 7.77. The quantitative estimate of drug-likeness (QED) is 0.820. The van der Waals surface area contributed by atoms with Crippen LogP contribution >= 0.6 is 0 Å². The first-order valence-electron chi connectivity index (χ1n) is 7.77. The molecule has 0 radical (unpaired) electrons. The van der Waals surface area contributed by atoms with Crippen molar-refractivity contribution in [2.75, 3.05) is 6.54 Å². The van der Waals surface area contributed by atoms with Crippen LogP contribution in [-0.2, 0) is 11.2 Å². The molecule has 0 fully saturated rings. The van der Waals surface area contributed by atoms with Gasteiger partial charge in [-0.15, -0.1) is 0 Å². The van der Waals surface area contributed by atoms with E-state index in [2.05, 4.69) is 12.2 Å². The van der Waals surface area contributed by atoms with Gasteiger partial charge < -0.3 is 5.32 Å². The third-order valence-electron chi connectivity index (χ3n) is 3.70. The summed E-state index contributed by atoms with van der Waals surface area (Å²) in [6.45, 7) is 2.60. The molecule has 116 valence electrons. The van der Waals surface area contributed by atoms with E-state index in [1.807, 2.05) is 36.4 Å². The number of rotatable bonds is 7. The Morgan fingerprint density at radius 3 is 2.59 bits per heavy atom. The van der Waals surface area contributed by atoms with Crippen molar-refractivity contribution in [1.82, 2.24) is 5.32 Å². The molecule has 0 aliphatic rings. The number of benzene rings is 2. The molecule has 0 saturated heterocycles. The molecule has 0 aromatic heterocycles. The molecule has 0 aliphatic heterocycles. The topological polar surface area (TPSA) is 29.1 Å². The summed E-state index contributed by atoms with van der Waals surface area (Å²) in [4.78, 5) is 12.4. The monoisotopic (exact) mass is 299 g/mol. The van der Waals surface area contributed by atoms with Crippen molar-refractivity contribution in [2.45, 2.75) is 32.1 Å². The molecule has 2 aromatic carbocycles. The SMILES string of the molecule is CCCC(C(=O)NCCc1cccc(F)c1)c1ccccc1. The molecule has 0 aliphatic carbocycles. The van der Waals surface area contributed by atoms with Gasteiger partial charge in [0.05, 0.1) is 5.92 Å². The highest BCUT2D eigenvalue weighted by Crippen LogP contribution is 2.21. The molecule has 2 nitrogen and oxygen atoms in total. The maximum Gasteiger partial charge on any atom is 0.227 e. The van der Waals surface area contributed by atoms with Crippen LogP contribution in [0.4, 0.5) is 4.39 Å². The fourth-order valence-electron chi connectivity index (χ4n) is 2.57. The molecule has 22 heavy (non-hydrogen) atoms. The van der Waals surface area contributed by atoms with E-state index in [9.17, 15) is 9.18 Å². The number of halogens is 1. The average Bonchev–Trinajstić information content (AvgIpc) is 2.53. The van der Waals surface area contributed by atoms with Crippen molar-refractivity contribution in [3.63, 3.8) is 0 Å². The zero-order valence-electron chi connectivity index (χ0n) is 12.9. The molecule has 0 bridgehead atoms. The summed E-state index contributed by atoms with van der Waals surface area (Å²) in [5, 5.41) is 2.97. The molecule has 3 heteroatoms. The van der Waals surface area contributed by atoms with Crippen LogP contribution in [0.25, 0.3) is 0 Å². The van der Waals surface area contributed by atoms with Gasteiger partial charge in [0, 0.05) is 6.54 Å². The van der Waals surface area contributed by atoms with E-state index >= 15 is 0 Å². The lowest BCUT2D eigenvalue weighted by atomic mass is 9.93. The molecule has 1 atom stereocenters. The lowest BCUT2D eigenvalue weighted by molar-refractivity contribution is -0.122. The predicted molar refractivity (Wildman–Crippen MR) is 87.2 cm³/mol. The van der Waals surface area contributed by atoms with E-state index in [4.69, 9.17) is 0 Å². The molecule has 2 rings (SSSR count). The van der Waals surface area contributed by atoms with Crippen LogP contribution in [0, 0.1) is 5.82 Å². The number of carbonyl (C=O) groups is 1. The normalized spacial score (nSPS) is 11.9. The molecule has 1 N–H and O–H groups in total. The van der Waals surface area contributed by atoms with Gasteiger partial charge in [0.15, 0.2) is 0 Å². The lowest BCUT2D eigenvalue weighted by Crippen LogP contribution is -2.31. The molecule has 0 spiro atoms. The highest BCUT2D eigenvalue weighted by atomic mass is 19.1. The summed E-state index contributed by atoms with van der Waals surface area (Å²) in [5.74, 6) is -0.305. The minimum atomic E-state index is -0.239. The number of carbonyl (C=O) groups excluding carboxylic acids is 1. The van der Waals surface area contributed by atoms with Gasteiger partial charge in [-0.25, -0.2) is 4.39 Å². The van der Waals surface area contributed by atoms with Crippen molar-refractivity contribution >= 4 is 5.91 Å². The van der Waals surface area contributed by atoms with E-state index in [-0.39, 0.29) is 17.6 Å². The number of hydrogen-bond acceptors (Lipinski definition) is 1. The van der Waals surface area contributed by atoms with Crippen LogP contribution in [0.3, 0.4) is 0 Å². The zero-order valence-corrected chi connectivity index (χ0v) is 12.9. The zero-order chi connectivity index (χ0) is 15.8. The van der Waals surface area contributed by atoms with Crippen LogP contribution in [0.15, 0.2) is 54.6 Å². The molecule has 2 aromatic rings. The first-order chi connectivity index (χ1) is 10.7. The van der Waals surface area contributed by atoms with Crippen LogP contribution in [-0.4, -0.2) is 12.5 Å². The smallest absolute Gasteiger partial charge is 0.227 e. The third-order valence-corrected chi connectivity index (χ3v) is 3.70. The molecular weight excluding hydrogens is 277 g/mol. The van der Waals surface area contributed by atoms with Crippen molar-refractivity contribution in [1.29, 1.82) is 0 Å². The maximum absolute atomic E-state index is 13.1. The van der Waals surface area contributed by atoms with Gasteiger partial charge in [0.1, 0.15) is 5.82 Å². The number of hydrogen-bond donors (Lipinski definition) is 1. The van der Waals surface area contributed by atoms with Crippen LogP contribution < -0.4 is 5.32 Å². The second-order valence-electron chi connectivity index (χ2n) is 5.42. The largest absolute Gasteiger partial charge is 0.355 e. The van der Waals surface area contributed by atoms with E-state index in [1.165, 1.54) is 12.1 Å². The average molecular weight is 299 g/mol. The van der Waals surface area contributed by atoms with Gasteiger partial charge in [0.2, 0.25) is 5.91 Å². The second kappa shape index (κ2) is 8.32. The van der Waals surface area contributed by atoms with Gasteiger partial charge in [-0.2, -0.15) is 0 Å². The van der Waals surface area contributed by atoms with Crippen LogP contribution in [0.1, 0.15) is 36.8 Å². The summed E-state index contributed by atoms with van der Waals surface area (Å²) < 4.78 is 13.1. The molecular formula is C19H22FNO. The minimum Gasteiger partial charge on any atom is -0.355 e. The van der Waals surface area contributed by atoms with Gasteiger partial charge >= 0.3 is 0 Å². The van der Waals surface area contributed by atoms with Gasteiger partial charge in [-0.3, -0.25) is 4.79 Å².